The normalized spacial score (nSPS) is 12.0. The number of likely N-dealkylation sites (N-methyl/N-ethyl adjacent to an activating group) is 1. The summed E-state index contributed by atoms with van der Waals surface area (Å²) in [5.74, 6) is -5.52. The van der Waals surface area contributed by atoms with Gasteiger partial charge in [0, 0.05) is 4.47 Å². The predicted molar refractivity (Wildman–Crippen MR) is 99.8 cm³/mol. The molecule has 1 atom stereocenters. The quantitative estimate of drug-likeness (QED) is 0.668. The van der Waals surface area contributed by atoms with Crippen LogP contribution in [0.15, 0.2) is 40.9 Å². The van der Waals surface area contributed by atoms with Crippen molar-refractivity contribution in [2.45, 2.75) is 13.0 Å². The lowest BCUT2D eigenvalue weighted by Gasteiger charge is -2.23. The molecule has 0 saturated heterocycles. The lowest BCUT2D eigenvalue weighted by atomic mass is 10.2. The summed E-state index contributed by atoms with van der Waals surface area (Å²) in [7, 11) is 1.53. The molecule has 27 heavy (non-hydrogen) atoms. The Morgan fingerprint density at radius 2 is 1.70 bits per heavy atom. The van der Waals surface area contributed by atoms with Gasteiger partial charge in [-0.1, -0.05) is 12.1 Å². The summed E-state index contributed by atoms with van der Waals surface area (Å²) < 4.78 is 40.6. The van der Waals surface area contributed by atoms with E-state index < -0.39 is 35.1 Å². The molecule has 0 bridgehead atoms. The van der Waals surface area contributed by atoms with E-state index in [-0.39, 0.29) is 12.5 Å². The van der Waals surface area contributed by atoms with Gasteiger partial charge in [0.25, 0.3) is 0 Å². The van der Waals surface area contributed by atoms with Crippen LogP contribution in [-0.4, -0.2) is 36.3 Å². The van der Waals surface area contributed by atoms with E-state index in [0.717, 1.165) is 6.07 Å². The Labute approximate surface area is 162 Å². The van der Waals surface area contributed by atoms with Gasteiger partial charge < -0.3 is 10.6 Å². The molecule has 0 aromatic heterocycles. The fourth-order valence-electron chi connectivity index (χ4n) is 2.18. The Morgan fingerprint density at radius 1 is 1.04 bits per heavy atom. The van der Waals surface area contributed by atoms with Crippen LogP contribution in [0.5, 0.6) is 0 Å². The zero-order valence-electron chi connectivity index (χ0n) is 14.5. The fourth-order valence-corrected chi connectivity index (χ4v) is 2.56. The van der Waals surface area contributed by atoms with E-state index in [0.29, 0.717) is 16.2 Å². The topological polar surface area (TPSA) is 61.4 Å². The van der Waals surface area contributed by atoms with Crippen molar-refractivity contribution >= 4 is 39.1 Å². The van der Waals surface area contributed by atoms with Crippen molar-refractivity contribution in [3.8, 4) is 0 Å². The zero-order chi connectivity index (χ0) is 20.1. The molecular weight excluding hydrogens is 427 g/mol. The first kappa shape index (κ1) is 20.9. The third-order valence-corrected chi connectivity index (χ3v) is 4.57. The predicted octanol–water partition coefficient (Wildman–Crippen LogP) is 3.76. The average Bonchev–Trinajstić information content (AvgIpc) is 2.63. The maximum atomic E-state index is 13.7. The second-order valence-electron chi connectivity index (χ2n) is 5.83. The van der Waals surface area contributed by atoms with Gasteiger partial charge in [-0.2, -0.15) is 0 Å². The molecule has 0 spiro atoms. The van der Waals surface area contributed by atoms with E-state index in [1.54, 1.807) is 24.3 Å². The summed E-state index contributed by atoms with van der Waals surface area (Å²) in [5, 5.41) is 4.89. The Kier molecular flexibility index (Phi) is 6.98. The maximum absolute atomic E-state index is 13.7. The molecule has 2 aromatic carbocycles. The molecule has 0 unspecified atom stereocenters. The highest BCUT2D eigenvalue weighted by Gasteiger charge is 2.23. The van der Waals surface area contributed by atoms with Crippen LogP contribution in [0.4, 0.5) is 24.5 Å². The average molecular weight is 444 g/mol. The summed E-state index contributed by atoms with van der Waals surface area (Å²) in [6.45, 7) is 1.38. The highest BCUT2D eigenvalue weighted by atomic mass is 79.9. The molecule has 5 nitrogen and oxygen atoms in total. The van der Waals surface area contributed by atoms with E-state index in [9.17, 15) is 22.8 Å². The summed E-state index contributed by atoms with van der Waals surface area (Å²) in [4.78, 5) is 25.8. The van der Waals surface area contributed by atoms with Gasteiger partial charge in [-0.3, -0.25) is 14.5 Å². The van der Waals surface area contributed by atoms with Crippen LogP contribution >= 0.6 is 15.9 Å². The Bertz CT molecular complexity index is 864. The number of nitrogens with zero attached hydrogens (tertiary/aromatic N) is 1. The number of hydrogen-bond acceptors (Lipinski definition) is 3. The zero-order valence-corrected chi connectivity index (χ0v) is 16.1. The largest absolute Gasteiger partial charge is 0.324 e. The number of benzene rings is 2. The second kappa shape index (κ2) is 9.01. The van der Waals surface area contributed by atoms with Crippen molar-refractivity contribution in [3.05, 3.63) is 58.3 Å². The van der Waals surface area contributed by atoms with Crippen LogP contribution in [0.1, 0.15) is 6.92 Å². The fraction of sp³-hybridized carbons (Fsp3) is 0.222. The molecule has 2 N–H and O–H groups in total. The number of nitrogens with one attached hydrogen (secondary N) is 2. The summed E-state index contributed by atoms with van der Waals surface area (Å²) in [6, 6.07) is 7.86. The summed E-state index contributed by atoms with van der Waals surface area (Å²) in [6.07, 6.45) is 0. The van der Waals surface area contributed by atoms with Crippen LogP contribution in [-0.2, 0) is 9.59 Å². The molecule has 0 heterocycles. The number of rotatable bonds is 6. The first-order chi connectivity index (χ1) is 12.7. The van der Waals surface area contributed by atoms with E-state index >= 15 is 0 Å². The number of carbonyl (C=O) groups excluding carboxylic acids is 2. The molecular formula is C18H17BrF3N3O2. The highest BCUT2D eigenvalue weighted by Crippen LogP contribution is 2.21. The standard InChI is InChI=1S/C18H17BrF3N3O2/c1-10(18(27)24-14-8-7-12(20)16(21)17(14)22)25(2)9-15(26)23-13-6-4-3-5-11(13)19/h3-8,10H,9H2,1-2H3,(H,23,26)(H,24,27)/t10-/m1/s1. The van der Waals surface area contributed by atoms with E-state index in [1.807, 2.05) is 0 Å². The van der Waals surface area contributed by atoms with Gasteiger partial charge in [-0.25, -0.2) is 13.2 Å². The molecule has 2 aromatic rings. The van der Waals surface area contributed by atoms with Crippen molar-refractivity contribution in [2.75, 3.05) is 24.2 Å². The number of halogens is 4. The van der Waals surface area contributed by atoms with Gasteiger partial charge in [-0.05, 0) is 54.2 Å². The van der Waals surface area contributed by atoms with E-state index in [2.05, 4.69) is 26.6 Å². The van der Waals surface area contributed by atoms with Crippen molar-refractivity contribution in [1.29, 1.82) is 0 Å². The SMILES string of the molecule is C[C@H](C(=O)Nc1ccc(F)c(F)c1F)N(C)CC(=O)Nc1ccccc1Br. The van der Waals surface area contributed by atoms with Gasteiger partial charge >= 0.3 is 0 Å². The van der Waals surface area contributed by atoms with Gasteiger partial charge in [-0.15, -0.1) is 0 Å². The smallest absolute Gasteiger partial charge is 0.241 e. The third-order valence-electron chi connectivity index (χ3n) is 3.87. The molecule has 0 fully saturated rings. The number of amides is 2. The summed E-state index contributed by atoms with van der Waals surface area (Å²) in [5.41, 5.74) is 0.105. The minimum atomic E-state index is -1.67. The molecule has 9 heteroatoms. The number of hydrogen-bond donors (Lipinski definition) is 2. The molecule has 144 valence electrons. The van der Waals surface area contributed by atoms with Crippen LogP contribution in [0.2, 0.25) is 0 Å². The first-order valence-electron chi connectivity index (χ1n) is 7.89. The minimum absolute atomic E-state index is 0.115. The van der Waals surface area contributed by atoms with Gasteiger partial charge in [0.2, 0.25) is 11.8 Å². The van der Waals surface area contributed by atoms with Crippen molar-refractivity contribution < 1.29 is 22.8 Å². The maximum Gasteiger partial charge on any atom is 0.241 e. The molecule has 0 aliphatic heterocycles. The lowest BCUT2D eigenvalue weighted by molar-refractivity contribution is -0.122. The summed E-state index contributed by atoms with van der Waals surface area (Å²) >= 11 is 3.31. The minimum Gasteiger partial charge on any atom is -0.324 e. The first-order valence-corrected chi connectivity index (χ1v) is 8.69. The van der Waals surface area contributed by atoms with Crippen molar-refractivity contribution in [2.24, 2.45) is 0 Å². The highest BCUT2D eigenvalue weighted by molar-refractivity contribution is 9.10. The number of para-hydroxylation sites is 1. The van der Waals surface area contributed by atoms with Crippen LogP contribution in [0.3, 0.4) is 0 Å². The van der Waals surface area contributed by atoms with Crippen molar-refractivity contribution in [3.63, 3.8) is 0 Å². The van der Waals surface area contributed by atoms with E-state index in [4.69, 9.17) is 0 Å². The van der Waals surface area contributed by atoms with E-state index in [1.165, 1.54) is 18.9 Å². The molecule has 2 amide bonds. The molecule has 0 aliphatic rings. The second-order valence-corrected chi connectivity index (χ2v) is 6.69. The van der Waals surface area contributed by atoms with Crippen LogP contribution in [0, 0.1) is 17.5 Å². The molecule has 0 aliphatic carbocycles. The van der Waals surface area contributed by atoms with Gasteiger partial charge in [0.15, 0.2) is 17.5 Å². The molecule has 2 rings (SSSR count). The Morgan fingerprint density at radius 3 is 2.37 bits per heavy atom. The monoisotopic (exact) mass is 443 g/mol. The van der Waals surface area contributed by atoms with Crippen molar-refractivity contribution in [1.82, 2.24) is 4.90 Å². The van der Waals surface area contributed by atoms with Crippen LogP contribution in [0.25, 0.3) is 0 Å². The Balaban J connectivity index is 1.97. The van der Waals surface area contributed by atoms with Gasteiger partial charge in [0.05, 0.1) is 24.0 Å². The molecule has 0 saturated carbocycles. The third kappa shape index (κ3) is 5.30. The lowest BCUT2D eigenvalue weighted by Crippen LogP contribution is -2.43. The number of anilines is 2. The van der Waals surface area contributed by atoms with Crippen LogP contribution < -0.4 is 10.6 Å². The Hall–Kier alpha value is -2.39. The van der Waals surface area contributed by atoms with Gasteiger partial charge in [0.1, 0.15) is 0 Å². The molecule has 0 radical (unpaired) electrons. The number of carbonyl (C=O) groups is 2.